The summed E-state index contributed by atoms with van der Waals surface area (Å²) in [5, 5.41) is 0.853. The molecule has 0 amide bonds. The number of fused-ring (bicyclic) bond motifs is 2. The number of thiophene rings is 1. The van der Waals surface area contributed by atoms with Crippen LogP contribution in [0.5, 0.6) is 0 Å². The van der Waals surface area contributed by atoms with Gasteiger partial charge in [-0.2, -0.15) is 0 Å². The average Bonchev–Trinajstić information content (AvgIpc) is 3.29. The molecule has 0 fully saturated rings. The minimum atomic E-state index is -0.398. The van der Waals surface area contributed by atoms with Crippen LogP contribution in [0, 0.1) is 5.92 Å². The van der Waals surface area contributed by atoms with Crippen molar-refractivity contribution in [1.29, 1.82) is 0 Å². The second-order valence-corrected chi connectivity index (χ2v) is 7.96. The predicted octanol–water partition coefficient (Wildman–Crippen LogP) is 4.78. The van der Waals surface area contributed by atoms with Gasteiger partial charge in [0.1, 0.15) is 4.88 Å². The molecule has 2 aromatic heterocycles. The van der Waals surface area contributed by atoms with Crippen LogP contribution in [0.1, 0.15) is 50.2 Å². The number of ether oxygens (including phenoxy) is 1. The minimum Gasteiger partial charge on any atom is -0.453 e. The van der Waals surface area contributed by atoms with Gasteiger partial charge in [-0.3, -0.25) is 4.79 Å². The third kappa shape index (κ3) is 3.19. The van der Waals surface area contributed by atoms with E-state index in [2.05, 4.69) is 11.9 Å². The first-order chi connectivity index (χ1) is 12.7. The minimum absolute atomic E-state index is 0.192. The largest absolute Gasteiger partial charge is 0.453 e. The smallest absolute Gasteiger partial charge is 0.348 e. The summed E-state index contributed by atoms with van der Waals surface area (Å²) >= 11 is 1.52. The van der Waals surface area contributed by atoms with Gasteiger partial charge in [0.25, 0.3) is 0 Å². The first-order valence-corrected chi connectivity index (χ1v) is 9.85. The molecule has 0 aliphatic heterocycles. The van der Waals surface area contributed by atoms with E-state index in [9.17, 15) is 9.59 Å². The van der Waals surface area contributed by atoms with Crippen LogP contribution in [0.15, 0.2) is 36.5 Å². The second kappa shape index (κ2) is 7.08. The Kier molecular flexibility index (Phi) is 4.64. The Morgan fingerprint density at radius 3 is 3.00 bits per heavy atom. The molecule has 0 saturated heterocycles. The van der Waals surface area contributed by atoms with E-state index in [-0.39, 0.29) is 12.4 Å². The summed E-state index contributed by atoms with van der Waals surface area (Å²) in [5.74, 6) is 0.123. The summed E-state index contributed by atoms with van der Waals surface area (Å²) in [6.07, 6.45) is 6.13. The number of aryl methyl sites for hydroxylation is 1. The number of carbonyl (C=O) groups is 2. The van der Waals surface area contributed by atoms with E-state index in [0.29, 0.717) is 16.4 Å². The number of hydrogen-bond acceptors (Lipinski definition) is 4. The van der Waals surface area contributed by atoms with Crippen LogP contribution in [0.25, 0.3) is 10.9 Å². The Hall–Kier alpha value is -2.40. The zero-order valence-corrected chi connectivity index (χ0v) is 15.5. The maximum Gasteiger partial charge on any atom is 0.348 e. The molecule has 26 heavy (non-hydrogen) atoms. The lowest BCUT2D eigenvalue weighted by atomic mass is 9.87. The topological polar surface area (TPSA) is 59.2 Å². The highest BCUT2D eigenvalue weighted by Crippen LogP contribution is 2.33. The Bertz CT molecular complexity index is 969. The second-order valence-electron chi connectivity index (χ2n) is 6.82. The third-order valence-corrected chi connectivity index (χ3v) is 6.40. The van der Waals surface area contributed by atoms with Crippen molar-refractivity contribution in [3.05, 3.63) is 57.4 Å². The van der Waals surface area contributed by atoms with Crippen LogP contribution in [0.3, 0.4) is 0 Å². The average molecular weight is 367 g/mol. The maximum atomic E-state index is 12.4. The fourth-order valence-electron chi connectivity index (χ4n) is 3.63. The van der Waals surface area contributed by atoms with Gasteiger partial charge in [-0.15, -0.1) is 11.3 Å². The molecule has 0 radical (unpaired) electrons. The van der Waals surface area contributed by atoms with Crippen LogP contribution in [0.2, 0.25) is 0 Å². The Labute approximate surface area is 156 Å². The van der Waals surface area contributed by atoms with Gasteiger partial charge in [0.15, 0.2) is 6.61 Å². The monoisotopic (exact) mass is 367 g/mol. The molecule has 4 nitrogen and oxygen atoms in total. The van der Waals surface area contributed by atoms with Gasteiger partial charge >= 0.3 is 5.97 Å². The fraction of sp³-hybridized carbons (Fsp3) is 0.333. The molecule has 5 heteroatoms. The first-order valence-electron chi connectivity index (χ1n) is 9.03. The molecule has 0 unspecified atom stereocenters. The molecule has 2 heterocycles. The quantitative estimate of drug-likeness (QED) is 0.521. The molecule has 1 aliphatic rings. The number of nitrogens with one attached hydrogen (secondary N) is 1. The molecular formula is C21H21NO3S. The zero-order chi connectivity index (χ0) is 18.1. The van der Waals surface area contributed by atoms with E-state index >= 15 is 0 Å². The molecule has 0 spiro atoms. The first kappa shape index (κ1) is 17.0. The lowest BCUT2D eigenvalue weighted by Gasteiger charge is -2.19. The summed E-state index contributed by atoms with van der Waals surface area (Å²) in [6.45, 7) is 1.98. The summed E-state index contributed by atoms with van der Waals surface area (Å²) < 4.78 is 5.30. The fourth-order valence-corrected chi connectivity index (χ4v) is 4.73. The normalized spacial score (nSPS) is 16.4. The SMILES string of the molecule is CC[C@@H]1CCc2sc(C(=O)OCC(=O)c3c[nH]c4ccccc34)cc2C1. The number of carbonyl (C=O) groups excluding carboxylic acids is 2. The highest BCUT2D eigenvalue weighted by Gasteiger charge is 2.23. The number of para-hydroxylation sites is 1. The van der Waals surface area contributed by atoms with Gasteiger partial charge in [-0.25, -0.2) is 4.79 Å². The predicted molar refractivity (Wildman–Crippen MR) is 103 cm³/mol. The molecule has 1 N–H and O–H groups in total. The molecule has 3 aromatic rings. The van der Waals surface area contributed by atoms with Crippen LogP contribution in [0.4, 0.5) is 0 Å². The van der Waals surface area contributed by atoms with E-state index in [0.717, 1.165) is 23.7 Å². The molecule has 0 saturated carbocycles. The standard InChI is InChI=1S/C21H21NO3S/c1-2-13-7-8-19-14(9-13)10-20(26-19)21(24)25-12-18(23)16-11-22-17-6-4-3-5-15(16)17/h3-6,10-11,13,22H,2,7-9,12H2,1H3/t13-/m1/s1. The maximum absolute atomic E-state index is 12.4. The Balaban J connectivity index is 1.43. The molecule has 1 atom stereocenters. The molecule has 0 bridgehead atoms. The van der Waals surface area contributed by atoms with E-state index in [1.165, 1.54) is 34.6 Å². The van der Waals surface area contributed by atoms with Gasteiger partial charge < -0.3 is 9.72 Å². The van der Waals surface area contributed by atoms with Gasteiger partial charge in [-0.1, -0.05) is 31.5 Å². The van der Waals surface area contributed by atoms with E-state index < -0.39 is 5.97 Å². The van der Waals surface area contributed by atoms with Crippen molar-refractivity contribution >= 4 is 34.0 Å². The van der Waals surface area contributed by atoms with Crippen LogP contribution < -0.4 is 0 Å². The van der Waals surface area contributed by atoms with Gasteiger partial charge in [0, 0.05) is 27.5 Å². The molecule has 4 rings (SSSR count). The number of Topliss-reactive ketones (excluding diaryl/α,β-unsaturated/α-hetero) is 1. The van der Waals surface area contributed by atoms with Crippen LogP contribution >= 0.6 is 11.3 Å². The van der Waals surface area contributed by atoms with Crippen molar-refractivity contribution in [3.8, 4) is 0 Å². The number of aromatic amines is 1. The molecular weight excluding hydrogens is 346 g/mol. The van der Waals surface area contributed by atoms with Crippen molar-refractivity contribution in [2.45, 2.75) is 32.6 Å². The number of ketones is 1. The number of aromatic nitrogens is 1. The molecule has 134 valence electrons. The van der Waals surface area contributed by atoms with Crippen molar-refractivity contribution in [2.75, 3.05) is 6.61 Å². The van der Waals surface area contributed by atoms with Crippen LogP contribution in [-0.4, -0.2) is 23.3 Å². The van der Waals surface area contributed by atoms with Gasteiger partial charge in [0.2, 0.25) is 5.78 Å². The van der Waals surface area contributed by atoms with Crippen molar-refractivity contribution < 1.29 is 14.3 Å². The summed E-state index contributed by atoms with van der Waals surface area (Å²) in [5.41, 5.74) is 2.74. The van der Waals surface area contributed by atoms with Crippen molar-refractivity contribution in [2.24, 2.45) is 5.92 Å². The lowest BCUT2D eigenvalue weighted by Crippen LogP contribution is -2.13. The van der Waals surface area contributed by atoms with Crippen LogP contribution in [-0.2, 0) is 17.6 Å². The number of H-pyrrole nitrogens is 1. The van der Waals surface area contributed by atoms with E-state index in [4.69, 9.17) is 4.74 Å². The summed E-state index contributed by atoms with van der Waals surface area (Å²) in [6, 6.07) is 9.56. The lowest BCUT2D eigenvalue weighted by molar-refractivity contribution is 0.0480. The van der Waals surface area contributed by atoms with E-state index in [1.807, 2.05) is 30.3 Å². The number of benzene rings is 1. The van der Waals surface area contributed by atoms with Gasteiger partial charge in [0.05, 0.1) is 0 Å². The highest BCUT2D eigenvalue weighted by atomic mass is 32.1. The summed E-state index contributed by atoms with van der Waals surface area (Å²) in [4.78, 5) is 29.8. The number of rotatable bonds is 5. The van der Waals surface area contributed by atoms with Crippen molar-refractivity contribution in [1.82, 2.24) is 4.98 Å². The number of esters is 1. The highest BCUT2D eigenvalue weighted by molar-refractivity contribution is 7.14. The number of hydrogen-bond donors (Lipinski definition) is 1. The molecule has 1 aliphatic carbocycles. The Morgan fingerprint density at radius 2 is 2.15 bits per heavy atom. The zero-order valence-electron chi connectivity index (χ0n) is 14.7. The van der Waals surface area contributed by atoms with E-state index in [1.54, 1.807) is 6.20 Å². The Morgan fingerprint density at radius 1 is 1.31 bits per heavy atom. The van der Waals surface area contributed by atoms with Crippen molar-refractivity contribution in [3.63, 3.8) is 0 Å². The van der Waals surface area contributed by atoms with Gasteiger partial charge in [-0.05, 0) is 42.9 Å². The molecule has 1 aromatic carbocycles. The third-order valence-electron chi connectivity index (χ3n) is 5.19. The summed E-state index contributed by atoms with van der Waals surface area (Å²) in [7, 11) is 0.